The molecule has 0 aliphatic rings. The molecule has 0 heterocycles. The van der Waals surface area contributed by atoms with Crippen molar-refractivity contribution in [1.29, 1.82) is 0 Å². The highest BCUT2D eigenvalue weighted by Gasteiger charge is 2.50. The standard InChI is InChI=1S/C32H50O2Si2/c1-11-28(25-27(2)19-18-24-33-35(9,10)31(3,4)5)26-34-36(32(6,7)8,29-20-14-12-15-21-29)30-22-16-13-17-23-30/h11-17,20-23,25H,18-19,24,26H2,1-10H3/b27-25-,28-11-. The molecular weight excluding hydrogens is 473 g/mol. The van der Waals surface area contributed by atoms with E-state index in [-0.39, 0.29) is 10.1 Å². The molecule has 0 saturated heterocycles. The maximum Gasteiger partial charge on any atom is 0.261 e. The summed E-state index contributed by atoms with van der Waals surface area (Å²) in [5.41, 5.74) is 2.62. The van der Waals surface area contributed by atoms with Gasteiger partial charge in [0, 0.05) is 6.61 Å². The third-order valence-electron chi connectivity index (χ3n) is 7.66. The molecule has 0 unspecified atom stereocenters. The minimum absolute atomic E-state index is 0.0194. The van der Waals surface area contributed by atoms with Crippen molar-refractivity contribution in [2.75, 3.05) is 13.2 Å². The Hall–Kier alpha value is -1.73. The average molecular weight is 523 g/mol. The summed E-state index contributed by atoms with van der Waals surface area (Å²) >= 11 is 0. The van der Waals surface area contributed by atoms with Gasteiger partial charge in [-0.1, -0.05) is 120 Å². The van der Waals surface area contributed by atoms with Crippen molar-refractivity contribution in [2.45, 2.75) is 91.4 Å². The monoisotopic (exact) mass is 522 g/mol. The van der Waals surface area contributed by atoms with Gasteiger partial charge in [0.25, 0.3) is 8.32 Å². The Kier molecular flexibility index (Phi) is 10.7. The lowest BCUT2D eigenvalue weighted by atomic mass is 10.1. The number of hydrogen-bond donors (Lipinski definition) is 0. The minimum atomic E-state index is -2.54. The van der Waals surface area contributed by atoms with Crippen molar-refractivity contribution in [3.05, 3.63) is 84.0 Å². The van der Waals surface area contributed by atoms with Crippen molar-refractivity contribution in [3.63, 3.8) is 0 Å². The van der Waals surface area contributed by atoms with Crippen LogP contribution in [0.2, 0.25) is 23.2 Å². The highest BCUT2D eigenvalue weighted by atomic mass is 28.4. The Morgan fingerprint density at radius 2 is 1.28 bits per heavy atom. The van der Waals surface area contributed by atoms with Crippen LogP contribution in [0.15, 0.2) is 84.0 Å². The third kappa shape index (κ3) is 7.64. The van der Waals surface area contributed by atoms with Gasteiger partial charge in [0.1, 0.15) is 0 Å². The van der Waals surface area contributed by atoms with E-state index in [1.807, 2.05) is 0 Å². The molecule has 2 aromatic rings. The molecule has 0 aromatic heterocycles. The Morgan fingerprint density at radius 1 is 0.778 bits per heavy atom. The van der Waals surface area contributed by atoms with Crippen LogP contribution >= 0.6 is 0 Å². The second-order valence-corrected chi connectivity index (χ2v) is 21.6. The highest BCUT2D eigenvalue weighted by Crippen LogP contribution is 2.38. The molecule has 36 heavy (non-hydrogen) atoms. The lowest BCUT2D eigenvalue weighted by Gasteiger charge is -2.43. The van der Waals surface area contributed by atoms with Gasteiger partial charge in [-0.25, -0.2) is 0 Å². The van der Waals surface area contributed by atoms with E-state index in [0.717, 1.165) is 19.4 Å². The zero-order valence-electron chi connectivity index (χ0n) is 24.6. The summed E-state index contributed by atoms with van der Waals surface area (Å²) in [6.07, 6.45) is 6.63. The summed E-state index contributed by atoms with van der Waals surface area (Å²) in [5, 5.41) is 2.88. The van der Waals surface area contributed by atoms with Crippen LogP contribution in [0.5, 0.6) is 0 Å². The molecule has 198 valence electrons. The SMILES string of the molecule is C/C=C(/C=C(/C)CCCO[Si](C)(C)C(C)(C)C)CO[Si](c1ccccc1)(c1ccccc1)C(C)(C)C. The van der Waals surface area contributed by atoms with Crippen molar-refractivity contribution in [1.82, 2.24) is 0 Å². The van der Waals surface area contributed by atoms with Gasteiger partial charge in [-0.15, -0.1) is 0 Å². The van der Waals surface area contributed by atoms with Gasteiger partial charge in [-0.3, -0.25) is 0 Å². The zero-order chi connectivity index (χ0) is 27.0. The lowest BCUT2D eigenvalue weighted by Crippen LogP contribution is -2.66. The predicted molar refractivity (Wildman–Crippen MR) is 163 cm³/mol. The van der Waals surface area contributed by atoms with Gasteiger partial charge in [-0.2, -0.15) is 0 Å². The normalized spacial score (nSPS) is 14.3. The molecule has 0 amide bonds. The molecule has 0 atom stereocenters. The molecule has 0 fully saturated rings. The Bertz CT molecular complexity index is 954. The smallest absolute Gasteiger partial charge is 0.261 e. The minimum Gasteiger partial charge on any atom is -0.417 e. The first-order valence-corrected chi connectivity index (χ1v) is 18.3. The fourth-order valence-corrected chi connectivity index (χ4v) is 10.1. The predicted octanol–water partition coefficient (Wildman–Crippen LogP) is 8.26. The van der Waals surface area contributed by atoms with Crippen LogP contribution in [0.4, 0.5) is 0 Å². The van der Waals surface area contributed by atoms with Crippen molar-refractivity contribution in [2.24, 2.45) is 0 Å². The van der Waals surface area contributed by atoms with Crippen molar-refractivity contribution in [3.8, 4) is 0 Å². The summed E-state index contributed by atoms with van der Waals surface area (Å²) < 4.78 is 13.5. The third-order valence-corrected chi connectivity index (χ3v) is 17.2. The molecule has 2 nitrogen and oxygen atoms in total. The van der Waals surface area contributed by atoms with E-state index < -0.39 is 16.6 Å². The molecule has 0 aliphatic carbocycles. The lowest BCUT2D eigenvalue weighted by molar-refractivity contribution is 0.282. The summed E-state index contributed by atoms with van der Waals surface area (Å²) in [6.45, 7) is 24.4. The molecule has 0 aliphatic heterocycles. The van der Waals surface area contributed by atoms with E-state index in [1.54, 1.807) is 0 Å². The van der Waals surface area contributed by atoms with Crippen LogP contribution < -0.4 is 10.4 Å². The first-order chi connectivity index (χ1) is 16.7. The highest BCUT2D eigenvalue weighted by molar-refractivity contribution is 6.99. The molecule has 0 saturated carbocycles. The van der Waals surface area contributed by atoms with E-state index in [2.05, 4.69) is 141 Å². The Balaban J connectivity index is 2.19. The number of allylic oxidation sites excluding steroid dienone is 2. The number of rotatable bonds is 11. The molecule has 0 spiro atoms. The second-order valence-electron chi connectivity index (χ2n) is 12.5. The van der Waals surface area contributed by atoms with Gasteiger partial charge in [0.05, 0.1) is 6.61 Å². The second kappa shape index (κ2) is 12.7. The summed E-state index contributed by atoms with van der Waals surface area (Å²) in [7, 11) is -4.21. The first kappa shape index (κ1) is 30.5. The largest absolute Gasteiger partial charge is 0.417 e. The van der Waals surface area contributed by atoms with Gasteiger partial charge in [0.15, 0.2) is 8.32 Å². The average Bonchev–Trinajstić information content (AvgIpc) is 2.81. The van der Waals surface area contributed by atoms with Gasteiger partial charge >= 0.3 is 0 Å². The van der Waals surface area contributed by atoms with Crippen molar-refractivity contribution < 1.29 is 8.85 Å². The Morgan fingerprint density at radius 3 is 1.69 bits per heavy atom. The summed E-state index contributed by atoms with van der Waals surface area (Å²) in [6, 6.07) is 21.8. The maximum atomic E-state index is 7.13. The van der Waals surface area contributed by atoms with Crippen LogP contribution in [0, 0.1) is 0 Å². The molecule has 2 rings (SSSR count). The molecule has 0 N–H and O–H groups in total. The van der Waals surface area contributed by atoms with Gasteiger partial charge in [-0.05, 0) is 65.8 Å². The molecule has 2 aromatic carbocycles. The summed E-state index contributed by atoms with van der Waals surface area (Å²) in [5.74, 6) is 0. The summed E-state index contributed by atoms with van der Waals surface area (Å²) in [4.78, 5) is 0. The molecular formula is C32H50O2Si2. The van der Waals surface area contributed by atoms with Crippen LogP contribution in [0.1, 0.15) is 68.2 Å². The molecule has 0 radical (unpaired) electrons. The van der Waals surface area contributed by atoms with Crippen LogP contribution in [-0.4, -0.2) is 29.8 Å². The van der Waals surface area contributed by atoms with Crippen molar-refractivity contribution >= 4 is 27.0 Å². The van der Waals surface area contributed by atoms with Crippen LogP contribution in [0.25, 0.3) is 0 Å². The van der Waals surface area contributed by atoms with E-state index in [1.165, 1.54) is 21.5 Å². The van der Waals surface area contributed by atoms with Gasteiger partial charge < -0.3 is 8.85 Å². The Labute approximate surface area is 224 Å². The fraction of sp³-hybridized carbons (Fsp3) is 0.500. The van der Waals surface area contributed by atoms with E-state index >= 15 is 0 Å². The first-order valence-electron chi connectivity index (χ1n) is 13.5. The number of benzene rings is 2. The quantitative estimate of drug-likeness (QED) is 0.168. The molecule has 4 heteroatoms. The van der Waals surface area contributed by atoms with Crippen LogP contribution in [-0.2, 0) is 8.85 Å². The van der Waals surface area contributed by atoms with E-state index in [4.69, 9.17) is 8.85 Å². The van der Waals surface area contributed by atoms with Crippen LogP contribution in [0.3, 0.4) is 0 Å². The van der Waals surface area contributed by atoms with Gasteiger partial charge in [0.2, 0.25) is 0 Å². The maximum absolute atomic E-state index is 7.13. The van der Waals surface area contributed by atoms with E-state index in [0.29, 0.717) is 6.61 Å². The van der Waals surface area contributed by atoms with E-state index in [9.17, 15) is 0 Å². The number of hydrogen-bond acceptors (Lipinski definition) is 2. The zero-order valence-corrected chi connectivity index (χ0v) is 26.6. The molecule has 0 bridgehead atoms. The topological polar surface area (TPSA) is 18.5 Å². The fourth-order valence-electron chi connectivity index (χ4n) is 4.45.